The molecule has 1 aromatic rings. The van der Waals surface area contributed by atoms with Crippen LogP contribution >= 0.6 is 11.6 Å². The van der Waals surface area contributed by atoms with Gasteiger partial charge in [0, 0.05) is 18.2 Å². The number of nitrogens with zero attached hydrogens (tertiary/aromatic N) is 1. The molecule has 4 unspecified atom stereocenters. The molecule has 0 aliphatic carbocycles. The summed E-state index contributed by atoms with van der Waals surface area (Å²) >= 11 is 5.66. The van der Waals surface area contributed by atoms with Crippen molar-refractivity contribution in [1.29, 1.82) is 0 Å². The normalized spacial score (nSPS) is 33.2. The first kappa shape index (κ1) is 12.9. The molecule has 1 fully saturated rings. The van der Waals surface area contributed by atoms with Crippen LogP contribution in [0.2, 0.25) is 0 Å². The van der Waals surface area contributed by atoms with Gasteiger partial charge in [-0.2, -0.15) is 0 Å². The molecule has 2 rings (SSSR count). The number of hydrogen-bond acceptors (Lipinski definition) is 3. The maximum atomic E-state index is 5.82. The number of alkyl halides is 1. The number of aryl methyl sites for hydroxylation is 1. The average molecular weight is 258 g/mol. The number of oxazole rings is 1. The van der Waals surface area contributed by atoms with E-state index in [1.54, 1.807) is 0 Å². The van der Waals surface area contributed by atoms with Crippen LogP contribution in [-0.4, -0.2) is 23.1 Å². The molecule has 0 aromatic carbocycles. The molecule has 1 aromatic heterocycles. The topological polar surface area (TPSA) is 35.3 Å². The Morgan fingerprint density at radius 2 is 2.06 bits per heavy atom. The Balaban J connectivity index is 2.09. The molecular formula is C13H20ClNO2. The molecule has 0 spiro atoms. The van der Waals surface area contributed by atoms with Crippen LogP contribution in [0, 0.1) is 5.92 Å². The second kappa shape index (κ2) is 5.40. The van der Waals surface area contributed by atoms with Gasteiger partial charge in [-0.25, -0.2) is 4.98 Å². The molecule has 17 heavy (non-hydrogen) atoms. The Hall–Kier alpha value is -0.540. The van der Waals surface area contributed by atoms with Crippen LogP contribution in [0.4, 0.5) is 0 Å². The third-order valence-electron chi connectivity index (χ3n) is 3.67. The second-order valence-electron chi connectivity index (χ2n) is 4.88. The van der Waals surface area contributed by atoms with Gasteiger partial charge in [-0.3, -0.25) is 0 Å². The van der Waals surface area contributed by atoms with Crippen molar-refractivity contribution >= 4 is 11.6 Å². The molecule has 4 heteroatoms. The Morgan fingerprint density at radius 1 is 1.29 bits per heavy atom. The van der Waals surface area contributed by atoms with Gasteiger partial charge in [0.25, 0.3) is 0 Å². The third kappa shape index (κ3) is 2.66. The fraction of sp³-hybridized carbons (Fsp3) is 0.769. The zero-order valence-corrected chi connectivity index (χ0v) is 11.4. The maximum absolute atomic E-state index is 5.82. The maximum Gasteiger partial charge on any atom is 0.194 e. The van der Waals surface area contributed by atoms with E-state index in [2.05, 4.69) is 25.8 Å². The Labute approximate surface area is 108 Å². The quantitative estimate of drug-likeness (QED) is 0.776. The lowest BCUT2D eigenvalue weighted by atomic mass is 9.88. The van der Waals surface area contributed by atoms with Crippen molar-refractivity contribution in [1.82, 2.24) is 4.98 Å². The van der Waals surface area contributed by atoms with Gasteiger partial charge in [0.2, 0.25) is 0 Å². The molecular weight excluding hydrogens is 238 g/mol. The molecule has 0 N–H and O–H groups in total. The van der Waals surface area contributed by atoms with E-state index in [1.807, 2.05) is 6.20 Å². The van der Waals surface area contributed by atoms with Crippen molar-refractivity contribution in [2.24, 2.45) is 5.92 Å². The molecule has 3 nitrogen and oxygen atoms in total. The molecule has 1 saturated heterocycles. The van der Waals surface area contributed by atoms with E-state index in [0.29, 0.717) is 17.7 Å². The molecule has 96 valence electrons. The van der Waals surface area contributed by atoms with Gasteiger partial charge < -0.3 is 9.15 Å². The van der Waals surface area contributed by atoms with Crippen LogP contribution in [0.25, 0.3) is 0 Å². The Bertz CT molecular complexity index is 366. The average Bonchev–Trinajstić information content (AvgIpc) is 2.83. The molecule has 0 bridgehead atoms. The first-order valence-corrected chi connectivity index (χ1v) is 6.83. The van der Waals surface area contributed by atoms with Crippen molar-refractivity contribution in [3.05, 3.63) is 17.8 Å². The summed E-state index contributed by atoms with van der Waals surface area (Å²) < 4.78 is 11.6. The summed E-state index contributed by atoms with van der Waals surface area (Å²) in [6.45, 7) is 6.43. The minimum Gasteiger partial charge on any atom is -0.445 e. The number of hydrogen-bond donors (Lipinski definition) is 0. The number of rotatable bonds is 4. The van der Waals surface area contributed by atoms with Crippen molar-refractivity contribution in [3.8, 4) is 0 Å². The predicted molar refractivity (Wildman–Crippen MR) is 67.5 cm³/mol. The lowest BCUT2D eigenvalue weighted by molar-refractivity contribution is 0.0547. The van der Waals surface area contributed by atoms with Crippen molar-refractivity contribution < 1.29 is 9.15 Å². The number of halogens is 1. The van der Waals surface area contributed by atoms with Crippen LogP contribution < -0.4 is 0 Å². The van der Waals surface area contributed by atoms with Gasteiger partial charge in [-0.1, -0.05) is 6.92 Å². The molecule has 0 amide bonds. The highest BCUT2D eigenvalue weighted by molar-refractivity contribution is 6.17. The summed E-state index contributed by atoms with van der Waals surface area (Å²) in [5.74, 6) is 3.19. The van der Waals surface area contributed by atoms with E-state index in [4.69, 9.17) is 20.8 Å². The summed E-state index contributed by atoms with van der Waals surface area (Å²) in [6.07, 6.45) is 4.06. The molecule has 4 atom stereocenters. The molecule has 1 aliphatic heterocycles. The van der Waals surface area contributed by atoms with E-state index in [-0.39, 0.29) is 12.2 Å². The first-order chi connectivity index (χ1) is 8.13. The van der Waals surface area contributed by atoms with Gasteiger partial charge in [-0.15, -0.1) is 11.6 Å². The zero-order valence-electron chi connectivity index (χ0n) is 10.6. The van der Waals surface area contributed by atoms with Gasteiger partial charge in [-0.05, 0) is 26.2 Å². The van der Waals surface area contributed by atoms with E-state index < -0.39 is 0 Å². The fourth-order valence-corrected chi connectivity index (χ4v) is 2.70. The highest BCUT2D eigenvalue weighted by Gasteiger charge is 2.39. The van der Waals surface area contributed by atoms with Crippen LogP contribution in [0.3, 0.4) is 0 Å². The first-order valence-electron chi connectivity index (χ1n) is 6.29. The van der Waals surface area contributed by atoms with E-state index >= 15 is 0 Å². The van der Waals surface area contributed by atoms with Crippen LogP contribution in [0.1, 0.15) is 44.8 Å². The molecule has 0 radical (unpaired) electrons. The fourth-order valence-electron chi connectivity index (χ4n) is 2.57. The Morgan fingerprint density at radius 3 is 2.65 bits per heavy atom. The summed E-state index contributed by atoms with van der Waals surface area (Å²) in [6, 6.07) is 0. The molecule has 0 saturated carbocycles. The summed E-state index contributed by atoms with van der Waals surface area (Å²) in [4.78, 5) is 4.31. The third-order valence-corrected chi connectivity index (χ3v) is 3.93. The summed E-state index contributed by atoms with van der Waals surface area (Å²) in [5.41, 5.74) is 0. The lowest BCUT2D eigenvalue weighted by Gasteiger charge is -2.14. The SMILES string of the molecule is CC1OC(C)C(c2cnc(CCCCl)o2)C1C. The number of ether oxygens (including phenoxy) is 1. The Kier molecular flexibility index (Phi) is 4.10. The largest absolute Gasteiger partial charge is 0.445 e. The monoisotopic (exact) mass is 257 g/mol. The summed E-state index contributed by atoms with van der Waals surface area (Å²) in [7, 11) is 0. The van der Waals surface area contributed by atoms with Crippen LogP contribution in [-0.2, 0) is 11.2 Å². The van der Waals surface area contributed by atoms with Gasteiger partial charge in [0.1, 0.15) is 5.76 Å². The molecule has 1 aliphatic rings. The smallest absolute Gasteiger partial charge is 0.194 e. The van der Waals surface area contributed by atoms with Gasteiger partial charge in [0.15, 0.2) is 5.89 Å². The van der Waals surface area contributed by atoms with Crippen molar-refractivity contribution in [2.45, 2.75) is 51.7 Å². The van der Waals surface area contributed by atoms with Crippen LogP contribution in [0.5, 0.6) is 0 Å². The van der Waals surface area contributed by atoms with E-state index in [0.717, 1.165) is 24.5 Å². The minimum atomic E-state index is 0.203. The second-order valence-corrected chi connectivity index (χ2v) is 5.26. The highest BCUT2D eigenvalue weighted by Crippen LogP contribution is 2.39. The highest BCUT2D eigenvalue weighted by atomic mass is 35.5. The lowest BCUT2D eigenvalue weighted by Crippen LogP contribution is -2.14. The van der Waals surface area contributed by atoms with E-state index in [1.165, 1.54) is 0 Å². The number of aromatic nitrogens is 1. The minimum absolute atomic E-state index is 0.203. The molecule has 2 heterocycles. The van der Waals surface area contributed by atoms with E-state index in [9.17, 15) is 0 Å². The van der Waals surface area contributed by atoms with Gasteiger partial charge in [0.05, 0.1) is 18.4 Å². The summed E-state index contributed by atoms with van der Waals surface area (Å²) in [5, 5.41) is 0. The standard InChI is InChI=1S/C13H20ClNO2/c1-8-9(2)16-10(3)13(8)11-7-15-12(17-11)5-4-6-14/h7-10,13H,4-6H2,1-3H3. The van der Waals surface area contributed by atoms with Crippen molar-refractivity contribution in [3.63, 3.8) is 0 Å². The predicted octanol–water partition coefficient (Wildman–Crippen LogP) is 3.37. The zero-order chi connectivity index (χ0) is 12.4. The van der Waals surface area contributed by atoms with Crippen LogP contribution in [0.15, 0.2) is 10.6 Å². The van der Waals surface area contributed by atoms with Crippen molar-refractivity contribution in [2.75, 3.05) is 5.88 Å². The van der Waals surface area contributed by atoms with Gasteiger partial charge >= 0.3 is 0 Å².